The molecule has 0 heterocycles. The number of methoxy groups -OCH3 is 1. The summed E-state index contributed by atoms with van der Waals surface area (Å²) in [5, 5.41) is 3.04. The predicted molar refractivity (Wildman–Crippen MR) is 126 cm³/mol. The van der Waals surface area contributed by atoms with E-state index in [1.165, 1.54) is 6.92 Å². The summed E-state index contributed by atoms with van der Waals surface area (Å²) in [7, 11) is 1.62. The number of carbonyl (C=O) groups is 2. The molecule has 166 valence electrons. The van der Waals surface area contributed by atoms with Gasteiger partial charge in [0.2, 0.25) is 11.8 Å². The molecule has 0 bridgehead atoms. The summed E-state index contributed by atoms with van der Waals surface area (Å²) >= 11 is 0. The molecule has 32 heavy (non-hydrogen) atoms. The standard InChI is InChI=1S/C27H30N2O3/c1-21(30)29(20-24-13-15-25(32-2)16-14-24)26(19-23-11-7-4-8-12-23)27(31)28-18-17-22-9-5-3-6-10-22/h3-16,26H,17-20H2,1-2H3,(H,28,31)/t26-/m1/s1. The molecule has 0 fully saturated rings. The lowest BCUT2D eigenvalue weighted by atomic mass is 10.0. The van der Waals surface area contributed by atoms with Crippen LogP contribution >= 0.6 is 0 Å². The lowest BCUT2D eigenvalue weighted by Gasteiger charge is -2.30. The molecule has 1 atom stereocenters. The molecule has 0 aliphatic rings. The number of rotatable bonds is 10. The Hall–Kier alpha value is -3.60. The summed E-state index contributed by atoms with van der Waals surface area (Å²) in [4.78, 5) is 27.5. The van der Waals surface area contributed by atoms with Crippen LogP contribution in [0.4, 0.5) is 0 Å². The van der Waals surface area contributed by atoms with Gasteiger partial charge in [0.25, 0.3) is 0 Å². The molecule has 0 aromatic heterocycles. The number of hydrogen-bond acceptors (Lipinski definition) is 3. The molecule has 0 saturated heterocycles. The first-order chi connectivity index (χ1) is 15.6. The monoisotopic (exact) mass is 430 g/mol. The van der Waals surface area contributed by atoms with Gasteiger partial charge in [-0.2, -0.15) is 0 Å². The molecular weight excluding hydrogens is 400 g/mol. The third kappa shape index (κ3) is 6.71. The lowest BCUT2D eigenvalue weighted by Crippen LogP contribution is -2.50. The predicted octanol–water partition coefficient (Wildman–Crippen LogP) is 4.01. The number of hydrogen-bond donors (Lipinski definition) is 1. The Balaban J connectivity index is 1.76. The summed E-state index contributed by atoms with van der Waals surface area (Å²) in [5.74, 6) is 0.469. The average Bonchev–Trinajstić information content (AvgIpc) is 2.83. The SMILES string of the molecule is COc1ccc(CN(C(C)=O)[C@H](Cc2ccccc2)C(=O)NCCc2ccccc2)cc1. The minimum Gasteiger partial charge on any atom is -0.497 e. The molecule has 5 heteroatoms. The van der Waals surface area contributed by atoms with Crippen LogP contribution in [0.25, 0.3) is 0 Å². The summed E-state index contributed by atoms with van der Waals surface area (Å²) in [6.45, 7) is 2.38. The Bertz CT molecular complexity index is 988. The van der Waals surface area contributed by atoms with Gasteiger partial charge in [0.05, 0.1) is 7.11 Å². The van der Waals surface area contributed by atoms with Crippen molar-refractivity contribution in [3.63, 3.8) is 0 Å². The molecule has 0 aliphatic heterocycles. The molecule has 3 rings (SSSR count). The van der Waals surface area contributed by atoms with Gasteiger partial charge in [-0.15, -0.1) is 0 Å². The molecule has 0 spiro atoms. The first-order valence-electron chi connectivity index (χ1n) is 10.8. The molecule has 5 nitrogen and oxygen atoms in total. The van der Waals surface area contributed by atoms with E-state index in [1.807, 2.05) is 84.9 Å². The Morgan fingerprint density at radius 3 is 2.00 bits per heavy atom. The zero-order valence-electron chi connectivity index (χ0n) is 18.7. The first kappa shape index (κ1) is 23.1. The second-order valence-corrected chi connectivity index (χ2v) is 7.73. The van der Waals surface area contributed by atoms with Crippen LogP contribution in [0.1, 0.15) is 23.6 Å². The number of carbonyl (C=O) groups excluding carboxylic acids is 2. The Morgan fingerprint density at radius 1 is 0.844 bits per heavy atom. The van der Waals surface area contributed by atoms with Gasteiger partial charge in [-0.25, -0.2) is 0 Å². The van der Waals surface area contributed by atoms with E-state index in [1.54, 1.807) is 12.0 Å². The highest BCUT2D eigenvalue weighted by atomic mass is 16.5. The summed E-state index contributed by atoms with van der Waals surface area (Å²) < 4.78 is 5.22. The van der Waals surface area contributed by atoms with Gasteiger partial charge in [-0.1, -0.05) is 72.8 Å². The van der Waals surface area contributed by atoms with Crippen molar-refractivity contribution in [1.82, 2.24) is 10.2 Å². The fourth-order valence-corrected chi connectivity index (χ4v) is 3.64. The lowest BCUT2D eigenvalue weighted by molar-refractivity contribution is -0.139. The Labute approximate surface area is 190 Å². The summed E-state index contributed by atoms with van der Waals surface area (Å²) in [5.41, 5.74) is 3.11. The van der Waals surface area contributed by atoms with Crippen LogP contribution in [-0.4, -0.2) is 36.4 Å². The molecule has 1 N–H and O–H groups in total. The minimum atomic E-state index is -0.604. The second kappa shape index (κ2) is 11.7. The van der Waals surface area contributed by atoms with Crippen molar-refractivity contribution < 1.29 is 14.3 Å². The zero-order valence-corrected chi connectivity index (χ0v) is 18.7. The average molecular weight is 431 g/mol. The van der Waals surface area contributed by atoms with Gasteiger partial charge in [0, 0.05) is 26.4 Å². The molecule has 0 saturated carbocycles. The third-order valence-electron chi connectivity index (χ3n) is 5.42. The molecule has 3 aromatic rings. The van der Waals surface area contributed by atoms with Crippen LogP contribution < -0.4 is 10.1 Å². The molecule has 0 aliphatic carbocycles. The quantitative estimate of drug-likeness (QED) is 0.529. The van der Waals surface area contributed by atoms with Crippen molar-refractivity contribution in [3.05, 3.63) is 102 Å². The highest BCUT2D eigenvalue weighted by molar-refractivity contribution is 5.87. The smallest absolute Gasteiger partial charge is 0.243 e. The van der Waals surface area contributed by atoms with Crippen molar-refractivity contribution in [1.29, 1.82) is 0 Å². The van der Waals surface area contributed by atoms with Crippen LogP contribution in [0, 0.1) is 0 Å². The van der Waals surface area contributed by atoms with E-state index in [9.17, 15) is 9.59 Å². The van der Waals surface area contributed by atoms with E-state index < -0.39 is 6.04 Å². The number of nitrogens with zero attached hydrogens (tertiary/aromatic N) is 1. The van der Waals surface area contributed by atoms with Gasteiger partial charge >= 0.3 is 0 Å². The van der Waals surface area contributed by atoms with Crippen molar-refractivity contribution >= 4 is 11.8 Å². The van der Waals surface area contributed by atoms with E-state index in [4.69, 9.17) is 4.74 Å². The van der Waals surface area contributed by atoms with Crippen molar-refractivity contribution in [2.45, 2.75) is 32.4 Å². The zero-order chi connectivity index (χ0) is 22.8. The van der Waals surface area contributed by atoms with Crippen LogP contribution in [0.3, 0.4) is 0 Å². The fraction of sp³-hybridized carbons (Fsp3) is 0.259. The van der Waals surface area contributed by atoms with Crippen LogP contribution in [0.2, 0.25) is 0 Å². The van der Waals surface area contributed by atoms with E-state index in [0.717, 1.165) is 28.9 Å². The molecule has 3 aromatic carbocycles. The fourth-order valence-electron chi connectivity index (χ4n) is 3.64. The molecular formula is C27H30N2O3. The molecule has 0 radical (unpaired) electrons. The van der Waals surface area contributed by atoms with Gasteiger partial charge in [0.15, 0.2) is 0 Å². The van der Waals surface area contributed by atoms with Crippen molar-refractivity contribution in [2.75, 3.05) is 13.7 Å². The van der Waals surface area contributed by atoms with Gasteiger partial charge in [-0.05, 0) is 35.2 Å². The first-order valence-corrected chi connectivity index (χ1v) is 10.8. The number of amides is 2. The van der Waals surface area contributed by atoms with Gasteiger partial charge in [-0.3, -0.25) is 9.59 Å². The molecule has 0 unspecified atom stereocenters. The summed E-state index contributed by atoms with van der Waals surface area (Å²) in [6, 6.07) is 26.8. The highest BCUT2D eigenvalue weighted by Crippen LogP contribution is 2.17. The normalized spacial score (nSPS) is 11.4. The maximum absolute atomic E-state index is 13.2. The van der Waals surface area contributed by atoms with Crippen LogP contribution in [-0.2, 0) is 29.0 Å². The maximum Gasteiger partial charge on any atom is 0.243 e. The Kier molecular flexibility index (Phi) is 8.44. The topological polar surface area (TPSA) is 58.6 Å². The summed E-state index contributed by atoms with van der Waals surface area (Å²) in [6.07, 6.45) is 1.19. The third-order valence-corrected chi connectivity index (χ3v) is 5.42. The largest absolute Gasteiger partial charge is 0.497 e. The van der Waals surface area contributed by atoms with Crippen molar-refractivity contribution in [2.24, 2.45) is 0 Å². The second-order valence-electron chi connectivity index (χ2n) is 7.73. The van der Waals surface area contributed by atoms with Crippen LogP contribution in [0.15, 0.2) is 84.9 Å². The number of nitrogens with one attached hydrogen (secondary N) is 1. The van der Waals surface area contributed by atoms with E-state index >= 15 is 0 Å². The van der Waals surface area contributed by atoms with E-state index in [2.05, 4.69) is 5.32 Å². The number of benzene rings is 3. The molecule has 2 amide bonds. The highest BCUT2D eigenvalue weighted by Gasteiger charge is 2.28. The number of ether oxygens (including phenoxy) is 1. The van der Waals surface area contributed by atoms with Gasteiger partial charge in [0.1, 0.15) is 11.8 Å². The van der Waals surface area contributed by atoms with Crippen molar-refractivity contribution in [3.8, 4) is 5.75 Å². The maximum atomic E-state index is 13.2. The van der Waals surface area contributed by atoms with E-state index in [0.29, 0.717) is 19.5 Å². The Morgan fingerprint density at radius 2 is 1.44 bits per heavy atom. The van der Waals surface area contributed by atoms with Gasteiger partial charge < -0.3 is 15.0 Å². The van der Waals surface area contributed by atoms with E-state index in [-0.39, 0.29) is 11.8 Å². The van der Waals surface area contributed by atoms with Crippen LogP contribution in [0.5, 0.6) is 5.75 Å². The minimum absolute atomic E-state index is 0.139.